The highest BCUT2D eigenvalue weighted by Crippen LogP contribution is 2.19. The van der Waals surface area contributed by atoms with Crippen LogP contribution in [0.2, 0.25) is 0 Å². The summed E-state index contributed by atoms with van der Waals surface area (Å²) in [4.78, 5) is 11.9. The Kier molecular flexibility index (Phi) is 4.84. The lowest BCUT2D eigenvalue weighted by Gasteiger charge is -2.21. The Bertz CT molecular complexity index is 430. The van der Waals surface area contributed by atoms with Crippen molar-refractivity contribution >= 4 is 5.91 Å². The van der Waals surface area contributed by atoms with Crippen molar-refractivity contribution in [3.8, 4) is 0 Å². The maximum Gasteiger partial charge on any atom is 0.225 e. The van der Waals surface area contributed by atoms with Gasteiger partial charge in [0.25, 0.3) is 0 Å². The van der Waals surface area contributed by atoms with Gasteiger partial charge in [-0.25, -0.2) is 4.39 Å². The van der Waals surface area contributed by atoms with Crippen molar-refractivity contribution in [2.24, 2.45) is 5.41 Å². The molecule has 0 aromatic heterocycles. The number of nitrogens with one attached hydrogen (secondary N) is 1. The number of aliphatic hydroxyl groups is 1. The van der Waals surface area contributed by atoms with E-state index in [9.17, 15) is 9.18 Å². The molecular weight excluding hydrogens is 233 g/mol. The molecule has 3 nitrogen and oxygen atoms in total. The molecule has 1 rings (SSSR count). The van der Waals surface area contributed by atoms with Crippen LogP contribution in [0, 0.1) is 11.2 Å². The molecule has 0 unspecified atom stereocenters. The van der Waals surface area contributed by atoms with Crippen LogP contribution in [0.15, 0.2) is 18.2 Å². The van der Waals surface area contributed by atoms with Gasteiger partial charge in [0.2, 0.25) is 5.91 Å². The zero-order chi connectivity index (χ0) is 13.8. The monoisotopic (exact) mass is 253 g/mol. The molecule has 0 spiro atoms. The first-order valence-electron chi connectivity index (χ1n) is 6.07. The maximum absolute atomic E-state index is 13.2. The summed E-state index contributed by atoms with van der Waals surface area (Å²) in [6, 6.07) is 4.47. The Morgan fingerprint density at radius 1 is 1.44 bits per heavy atom. The molecular formula is C14H20FNO2. The van der Waals surface area contributed by atoms with E-state index in [1.807, 2.05) is 20.8 Å². The molecule has 100 valence electrons. The molecule has 1 amide bonds. The fourth-order valence-corrected chi connectivity index (χ4v) is 1.44. The van der Waals surface area contributed by atoms with Crippen LogP contribution >= 0.6 is 0 Å². The van der Waals surface area contributed by atoms with E-state index < -0.39 is 11.2 Å². The van der Waals surface area contributed by atoms with Gasteiger partial charge in [-0.05, 0) is 24.1 Å². The van der Waals surface area contributed by atoms with E-state index in [0.717, 1.165) is 12.0 Å². The lowest BCUT2D eigenvalue weighted by Crippen LogP contribution is -2.36. The highest BCUT2D eigenvalue weighted by molar-refractivity contribution is 5.81. The molecule has 18 heavy (non-hydrogen) atoms. The first kappa shape index (κ1) is 14.6. The van der Waals surface area contributed by atoms with Crippen LogP contribution in [-0.4, -0.2) is 11.0 Å². The van der Waals surface area contributed by atoms with Gasteiger partial charge in [0.05, 0.1) is 6.61 Å². The molecule has 0 bridgehead atoms. The fraction of sp³-hybridized carbons (Fsp3) is 0.500. The molecule has 0 saturated carbocycles. The van der Waals surface area contributed by atoms with E-state index in [4.69, 9.17) is 5.11 Å². The minimum absolute atomic E-state index is 0.0279. The maximum atomic E-state index is 13.2. The van der Waals surface area contributed by atoms with Crippen molar-refractivity contribution in [1.29, 1.82) is 0 Å². The van der Waals surface area contributed by atoms with Crippen LogP contribution in [0.5, 0.6) is 0 Å². The molecule has 1 aromatic rings. The Balaban J connectivity index is 2.67. The molecule has 0 aliphatic heterocycles. The number of carbonyl (C=O) groups excluding carboxylic acids is 1. The molecule has 0 aliphatic carbocycles. The van der Waals surface area contributed by atoms with Gasteiger partial charge < -0.3 is 10.4 Å². The van der Waals surface area contributed by atoms with Gasteiger partial charge in [-0.15, -0.1) is 0 Å². The number of rotatable bonds is 5. The van der Waals surface area contributed by atoms with E-state index in [1.54, 1.807) is 12.1 Å². The summed E-state index contributed by atoms with van der Waals surface area (Å²) in [5.74, 6) is -0.457. The number of hydrogen-bond donors (Lipinski definition) is 2. The van der Waals surface area contributed by atoms with Gasteiger partial charge in [-0.2, -0.15) is 0 Å². The standard InChI is InChI=1S/C14H20FNO2/c1-4-14(2,3)13(18)16-8-10-5-6-12(15)11(7-10)9-17/h5-7,17H,4,8-9H2,1-3H3,(H,16,18). The summed E-state index contributed by atoms with van der Waals surface area (Å²) < 4.78 is 13.2. The lowest BCUT2D eigenvalue weighted by molar-refractivity contribution is -0.129. The van der Waals surface area contributed by atoms with Crippen LogP contribution in [0.25, 0.3) is 0 Å². The predicted octanol–water partition coefficient (Wildman–Crippen LogP) is 2.37. The zero-order valence-electron chi connectivity index (χ0n) is 11.1. The topological polar surface area (TPSA) is 49.3 Å². The Morgan fingerprint density at radius 3 is 2.67 bits per heavy atom. The van der Waals surface area contributed by atoms with Crippen molar-refractivity contribution in [1.82, 2.24) is 5.32 Å². The van der Waals surface area contributed by atoms with Gasteiger partial charge in [-0.3, -0.25) is 4.79 Å². The third-order valence-electron chi connectivity index (χ3n) is 3.23. The van der Waals surface area contributed by atoms with Crippen LogP contribution in [-0.2, 0) is 17.9 Å². The molecule has 1 aromatic carbocycles. The number of hydrogen-bond acceptors (Lipinski definition) is 2. The van der Waals surface area contributed by atoms with E-state index in [2.05, 4.69) is 5.32 Å². The van der Waals surface area contributed by atoms with Crippen LogP contribution in [0.1, 0.15) is 38.3 Å². The second-order valence-electron chi connectivity index (χ2n) is 5.00. The Morgan fingerprint density at radius 2 is 2.11 bits per heavy atom. The van der Waals surface area contributed by atoms with E-state index >= 15 is 0 Å². The molecule has 0 heterocycles. The lowest BCUT2D eigenvalue weighted by atomic mass is 9.89. The SMILES string of the molecule is CCC(C)(C)C(=O)NCc1ccc(F)c(CO)c1. The second-order valence-corrected chi connectivity index (χ2v) is 5.00. The summed E-state index contributed by atoms with van der Waals surface area (Å²) in [5.41, 5.74) is 0.622. The summed E-state index contributed by atoms with van der Waals surface area (Å²) in [6.45, 7) is 5.73. The Hall–Kier alpha value is -1.42. The summed E-state index contributed by atoms with van der Waals surface area (Å²) in [5, 5.41) is 11.8. The predicted molar refractivity (Wildman–Crippen MR) is 68.2 cm³/mol. The van der Waals surface area contributed by atoms with Gasteiger partial charge in [0.1, 0.15) is 5.82 Å². The molecule has 0 radical (unpaired) electrons. The molecule has 2 N–H and O–H groups in total. The first-order chi connectivity index (χ1) is 8.40. The van der Waals surface area contributed by atoms with Gasteiger partial charge in [-0.1, -0.05) is 26.8 Å². The largest absolute Gasteiger partial charge is 0.392 e. The zero-order valence-corrected chi connectivity index (χ0v) is 11.1. The molecule has 4 heteroatoms. The highest BCUT2D eigenvalue weighted by Gasteiger charge is 2.24. The third-order valence-corrected chi connectivity index (χ3v) is 3.23. The van der Waals surface area contributed by atoms with Crippen LogP contribution < -0.4 is 5.32 Å². The average Bonchev–Trinajstić information content (AvgIpc) is 2.37. The summed E-state index contributed by atoms with van der Waals surface area (Å²) in [6.07, 6.45) is 0.754. The quantitative estimate of drug-likeness (QED) is 0.846. The summed E-state index contributed by atoms with van der Waals surface area (Å²) >= 11 is 0. The number of carbonyl (C=O) groups is 1. The van der Waals surface area contributed by atoms with Crippen molar-refractivity contribution < 1.29 is 14.3 Å². The number of aliphatic hydroxyl groups excluding tert-OH is 1. The number of amides is 1. The third kappa shape index (κ3) is 3.53. The molecule has 0 fully saturated rings. The normalized spacial score (nSPS) is 11.4. The second kappa shape index (κ2) is 5.96. The van der Waals surface area contributed by atoms with Crippen LogP contribution in [0.3, 0.4) is 0 Å². The van der Waals surface area contributed by atoms with Gasteiger partial charge in [0, 0.05) is 17.5 Å². The first-order valence-corrected chi connectivity index (χ1v) is 6.07. The average molecular weight is 253 g/mol. The van der Waals surface area contributed by atoms with Gasteiger partial charge in [0.15, 0.2) is 0 Å². The smallest absolute Gasteiger partial charge is 0.225 e. The Labute approximate surface area is 107 Å². The van der Waals surface area contributed by atoms with Crippen molar-refractivity contribution in [3.05, 3.63) is 35.1 Å². The molecule has 0 saturated heterocycles. The molecule has 0 aliphatic rings. The van der Waals surface area contributed by atoms with Gasteiger partial charge >= 0.3 is 0 Å². The highest BCUT2D eigenvalue weighted by atomic mass is 19.1. The van der Waals surface area contributed by atoms with Crippen LogP contribution in [0.4, 0.5) is 4.39 Å². The minimum atomic E-state index is -0.429. The number of benzene rings is 1. The van der Waals surface area contributed by atoms with Crippen molar-refractivity contribution in [2.45, 2.75) is 40.3 Å². The summed E-state index contributed by atoms with van der Waals surface area (Å²) in [7, 11) is 0. The van der Waals surface area contributed by atoms with Crippen molar-refractivity contribution in [2.75, 3.05) is 0 Å². The van der Waals surface area contributed by atoms with E-state index in [1.165, 1.54) is 6.07 Å². The fourth-order valence-electron chi connectivity index (χ4n) is 1.44. The van der Waals surface area contributed by atoms with E-state index in [0.29, 0.717) is 6.54 Å². The number of halogens is 1. The molecule has 0 atom stereocenters. The van der Waals surface area contributed by atoms with Crippen molar-refractivity contribution in [3.63, 3.8) is 0 Å². The minimum Gasteiger partial charge on any atom is -0.392 e. The van der Waals surface area contributed by atoms with E-state index in [-0.39, 0.29) is 18.1 Å².